The number of halogens is 4. The van der Waals surface area contributed by atoms with Gasteiger partial charge < -0.3 is 5.73 Å². The maximum atomic E-state index is 11.9. The van der Waals surface area contributed by atoms with E-state index in [-0.39, 0.29) is 16.4 Å². The van der Waals surface area contributed by atoms with Gasteiger partial charge in [0.15, 0.2) is 5.15 Å². The Balaban J connectivity index is 2.96. The Morgan fingerprint density at radius 3 is 2.62 bits per heavy atom. The van der Waals surface area contributed by atoms with Gasteiger partial charge in [0.05, 0.1) is 12.1 Å². The molecule has 72 valence electrons. The highest BCUT2D eigenvalue weighted by Gasteiger charge is 2.28. The topological polar surface area (TPSA) is 38.9 Å². The molecule has 0 radical (unpaired) electrons. The molecule has 0 unspecified atom stereocenters. The van der Waals surface area contributed by atoms with Crippen molar-refractivity contribution in [3.63, 3.8) is 0 Å². The first-order chi connectivity index (χ1) is 5.90. The molecule has 1 rings (SSSR count). The zero-order chi connectivity index (χ0) is 10.1. The molecule has 0 saturated heterocycles. The first-order valence-electron chi connectivity index (χ1n) is 3.36. The summed E-state index contributed by atoms with van der Waals surface area (Å²) < 4.78 is 35.8. The van der Waals surface area contributed by atoms with E-state index in [4.69, 9.17) is 17.3 Å². The molecule has 2 nitrogen and oxygen atoms in total. The van der Waals surface area contributed by atoms with Gasteiger partial charge >= 0.3 is 6.18 Å². The molecule has 0 fully saturated rings. The van der Waals surface area contributed by atoms with E-state index in [1.165, 1.54) is 12.3 Å². The highest BCUT2D eigenvalue weighted by Crippen LogP contribution is 2.27. The van der Waals surface area contributed by atoms with Crippen molar-refractivity contribution in [1.29, 1.82) is 0 Å². The fraction of sp³-hybridized carbons (Fsp3) is 0.286. The molecular weight excluding hydrogens is 205 g/mol. The zero-order valence-corrected chi connectivity index (χ0v) is 7.15. The van der Waals surface area contributed by atoms with Crippen LogP contribution in [0.25, 0.3) is 0 Å². The number of pyridine rings is 1. The molecule has 0 aliphatic carbocycles. The van der Waals surface area contributed by atoms with Gasteiger partial charge in [-0.2, -0.15) is 13.2 Å². The summed E-state index contributed by atoms with van der Waals surface area (Å²) in [5.41, 5.74) is 5.14. The standard InChI is InChI=1S/C7H6ClF3N2/c8-6-5(12)4(1-2-13-6)3-7(9,10)11/h1-2H,3,12H2. The van der Waals surface area contributed by atoms with E-state index in [0.29, 0.717) is 0 Å². The Kier molecular flexibility index (Phi) is 2.66. The second-order valence-electron chi connectivity index (χ2n) is 2.47. The monoisotopic (exact) mass is 210 g/mol. The van der Waals surface area contributed by atoms with Crippen LogP contribution >= 0.6 is 11.6 Å². The predicted octanol–water partition coefficient (Wildman–Crippen LogP) is 2.42. The lowest BCUT2D eigenvalue weighted by Gasteiger charge is -2.08. The van der Waals surface area contributed by atoms with E-state index in [1.54, 1.807) is 0 Å². The van der Waals surface area contributed by atoms with Crippen molar-refractivity contribution in [2.45, 2.75) is 12.6 Å². The van der Waals surface area contributed by atoms with Crippen molar-refractivity contribution in [1.82, 2.24) is 4.98 Å². The summed E-state index contributed by atoms with van der Waals surface area (Å²) in [6, 6.07) is 1.20. The zero-order valence-electron chi connectivity index (χ0n) is 6.40. The van der Waals surface area contributed by atoms with E-state index in [1.807, 2.05) is 0 Å². The van der Waals surface area contributed by atoms with Crippen LogP contribution in [0.2, 0.25) is 5.15 Å². The second kappa shape index (κ2) is 3.41. The number of nitrogens with zero attached hydrogens (tertiary/aromatic N) is 1. The number of nitrogens with two attached hydrogens (primary N) is 1. The largest absolute Gasteiger partial charge is 0.396 e. The van der Waals surface area contributed by atoms with Crippen molar-refractivity contribution in [3.8, 4) is 0 Å². The van der Waals surface area contributed by atoms with Crippen LogP contribution in [0.5, 0.6) is 0 Å². The predicted molar refractivity (Wildman–Crippen MR) is 43.4 cm³/mol. The number of rotatable bonds is 1. The third-order valence-electron chi connectivity index (χ3n) is 1.42. The van der Waals surface area contributed by atoms with Gasteiger partial charge in [-0.25, -0.2) is 4.98 Å². The number of hydrogen-bond donors (Lipinski definition) is 1. The van der Waals surface area contributed by atoms with Gasteiger partial charge in [-0.15, -0.1) is 0 Å². The van der Waals surface area contributed by atoms with E-state index >= 15 is 0 Å². The number of anilines is 1. The number of alkyl halides is 3. The molecule has 0 aromatic carbocycles. The van der Waals surface area contributed by atoms with Gasteiger partial charge in [-0.3, -0.25) is 0 Å². The van der Waals surface area contributed by atoms with Crippen LogP contribution in [-0.4, -0.2) is 11.2 Å². The molecule has 0 amide bonds. The number of nitrogen functional groups attached to an aromatic ring is 1. The van der Waals surface area contributed by atoms with E-state index < -0.39 is 12.6 Å². The van der Waals surface area contributed by atoms with Crippen LogP contribution in [0, 0.1) is 0 Å². The Bertz CT molecular complexity index is 311. The van der Waals surface area contributed by atoms with E-state index in [2.05, 4.69) is 4.98 Å². The molecule has 6 heteroatoms. The Labute approximate surface area is 77.5 Å². The molecule has 1 aromatic heterocycles. The van der Waals surface area contributed by atoms with Crippen LogP contribution in [0.1, 0.15) is 5.56 Å². The molecule has 13 heavy (non-hydrogen) atoms. The molecule has 0 saturated carbocycles. The minimum Gasteiger partial charge on any atom is -0.396 e. The van der Waals surface area contributed by atoms with Gasteiger partial charge in [0.2, 0.25) is 0 Å². The van der Waals surface area contributed by atoms with Crippen molar-refractivity contribution in [2.24, 2.45) is 0 Å². The van der Waals surface area contributed by atoms with Crippen LogP contribution in [0.15, 0.2) is 12.3 Å². The normalized spacial score (nSPS) is 11.7. The molecule has 1 heterocycles. The maximum Gasteiger partial charge on any atom is 0.393 e. The first-order valence-corrected chi connectivity index (χ1v) is 3.73. The lowest BCUT2D eigenvalue weighted by Crippen LogP contribution is -2.13. The van der Waals surface area contributed by atoms with E-state index in [9.17, 15) is 13.2 Å². The minimum absolute atomic E-state index is 0.0486. The quantitative estimate of drug-likeness (QED) is 0.723. The third kappa shape index (κ3) is 2.77. The van der Waals surface area contributed by atoms with E-state index in [0.717, 1.165) is 0 Å². The van der Waals surface area contributed by atoms with Gasteiger partial charge in [-0.1, -0.05) is 11.6 Å². The summed E-state index contributed by atoms with van der Waals surface area (Å²) >= 11 is 5.44. The third-order valence-corrected chi connectivity index (χ3v) is 1.72. The molecule has 0 aliphatic rings. The Hall–Kier alpha value is -0.970. The lowest BCUT2D eigenvalue weighted by molar-refractivity contribution is -0.127. The summed E-state index contributed by atoms with van der Waals surface area (Å²) in [6.07, 6.45) is -4.17. The summed E-state index contributed by atoms with van der Waals surface area (Å²) in [7, 11) is 0. The van der Waals surface area contributed by atoms with Crippen LogP contribution in [-0.2, 0) is 6.42 Å². The Morgan fingerprint density at radius 2 is 2.08 bits per heavy atom. The molecular formula is C7H6ClF3N2. The fourth-order valence-corrected chi connectivity index (χ4v) is 1.03. The average molecular weight is 211 g/mol. The summed E-state index contributed by atoms with van der Waals surface area (Å²) in [5.74, 6) is 0. The lowest BCUT2D eigenvalue weighted by atomic mass is 10.1. The molecule has 2 N–H and O–H groups in total. The second-order valence-corrected chi connectivity index (χ2v) is 2.82. The van der Waals surface area contributed by atoms with Gasteiger partial charge in [0, 0.05) is 6.20 Å². The van der Waals surface area contributed by atoms with Crippen molar-refractivity contribution < 1.29 is 13.2 Å². The van der Waals surface area contributed by atoms with Crippen molar-refractivity contribution in [3.05, 3.63) is 23.0 Å². The number of hydrogen-bond acceptors (Lipinski definition) is 2. The highest BCUT2D eigenvalue weighted by molar-refractivity contribution is 6.31. The smallest absolute Gasteiger partial charge is 0.393 e. The van der Waals surface area contributed by atoms with Gasteiger partial charge in [0.1, 0.15) is 0 Å². The summed E-state index contributed by atoms with van der Waals surface area (Å²) in [6.45, 7) is 0. The molecule has 1 aromatic rings. The summed E-state index contributed by atoms with van der Waals surface area (Å²) in [4.78, 5) is 3.54. The van der Waals surface area contributed by atoms with Crippen LogP contribution in [0.3, 0.4) is 0 Å². The van der Waals surface area contributed by atoms with Gasteiger partial charge in [-0.05, 0) is 11.6 Å². The fourth-order valence-electron chi connectivity index (χ4n) is 0.855. The SMILES string of the molecule is Nc1c(CC(F)(F)F)ccnc1Cl. The van der Waals surface area contributed by atoms with Crippen LogP contribution < -0.4 is 5.73 Å². The van der Waals surface area contributed by atoms with Crippen molar-refractivity contribution >= 4 is 17.3 Å². The minimum atomic E-state index is -4.28. The molecule has 0 bridgehead atoms. The molecule has 0 spiro atoms. The average Bonchev–Trinajstić information content (AvgIpc) is 1.96. The highest BCUT2D eigenvalue weighted by atomic mass is 35.5. The molecule has 0 aliphatic heterocycles. The van der Waals surface area contributed by atoms with Crippen LogP contribution in [0.4, 0.5) is 18.9 Å². The number of aromatic nitrogens is 1. The Morgan fingerprint density at radius 1 is 1.46 bits per heavy atom. The maximum absolute atomic E-state index is 11.9. The van der Waals surface area contributed by atoms with Crippen molar-refractivity contribution in [2.75, 3.05) is 5.73 Å². The summed E-state index contributed by atoms with van der Waals surface area (Å²) in [5, 5.41) is -0.0956. The molecule has 0 atom stereocenters. The first kappa shape index (κ1) is 10.1. The van der Waals surface area contributed by atoms with Gasteiger partial charge in [0.25, 0.3) is 0 Å².